The molecular formula is C9H15FN2OS. The largest absolute Gasteiger partial charge is 0.359 e. The molecule has 0 radical (unpaired) electrons. The van der Waals surface area contributed by atoms with E-state index in [-0.39, 0.29) is 11.5 Å². The fraction of sp³-hybridized carbons (Fsp3) is 0.889. The second-order valence-electron chi connectivity index (χ2n) is 3.70. The standard InChI is InChI=1S/C9H15FN2OS/c1-5(10)7-4-3-6-8(13-7)14-9(11-2)12-6/h5-8H,3-4H2,1-2H3,(H,11,12)/t5-,6+,7-,8+/m0/s1. The third-order valence-electron chi connectivity index (χ3n) is 2.65. The number of hydrogen-bond donors (Lipinski definition) is 1. The molecule has 2 saturated heterocycles. The molecule has 0 bridgehead atoms. The molecule has 2 aliphatic rings. The first-order chi connectivity index (χ1) is 6.70. The van der Waals surface area contributed by atoms with E-state index >= 15 is 0 Å². The van der Waals surface area contributed by atoms with Crippen LogP contribution in [0, 0.1) is 0 Å². The second-order valence-corrected chi connectivity index (χ2v) is 4.78. The van der Waals surface area contributed by atoms with E-state index in [1.807, 2.05) is 0 Å². The van der Waals surface area contributed by atoms with Gasteiger partial charge in [0.05, 0.1) is 12.1 Å². The van der Waals surface area contributed by atoms with Crippen LogP contribution in [0.5, 0.6) is 0 Å². The summed E-state index contributed by atoms with van der Waals surface area (Å²) in [5.74, 6) is 0. The zero-order valence-electron chi connectivity index (χ0n) is 8.37. The van der Waals surface area contributed by atoms with E-state index in [0.717, 1.165) is 18.0 Å². The Morgan fingerprint density at radius 1 is 1.64 bits per heavy atom. The molecule has 0 amide bonds. The molecule has 0 aromatic carbocycles. The van der Waals surface area contributed by atoms with Crippen LogP contribution >= 0.6 is 11.8 Å². The minimum atomic E-state index is -0.876. The molecule has 0 aliphatic carbocycles. The Bertz CT molecular complexity index is 247. The summed E-state index contributed by atoms with van der Waals surface area (Å²) in [5.41, 5.74) is 0.0469. The van der Waals surface area contributed by atoms with Crippen LogP contribution in [-0.4, -0.2) is 36.0 Å². The lowest BCUT2D eigenvalue weighted by molar-refractivity contribution is -0.0517. The molecule has 1 N–H and O–H groups in total. The second kappa shape index (κ2) is 4.06. The smallest absolute Gasteiger partial charge is 0.159 e. The van der Waals surface area contributed by atoms with Crippen molar-refractivity contribution in [2.75, 3.05) is 7.05 Å². The zero-order valence-corrected chi connectivity index (χ0v) is 9.18. The third-order valence-corrected chi connectivity index (χ3v) is 3.85. The lowest BCUT2D eigenvalue weighted by Gasteiger charge is -2.31. The molecule has 2 aliphatic heterocycles. The van der Waals surface area contributed by atoms with Gasteiger partial charge >= 0.3 is 0 Å². The molecule has 0 aromatic heterocycles. The van der Waals surface area contributed by atoms with Crippen molar-refractivity contribution in [1.29, 1.82) is 0 Å². The van der Waals surface area contributed by atoms with Crippen LogP contribution < -0.4 is 5.32 Å². The highest BCUT2D eigenvalue weighted by Crippen LogP contribution is 2.34. The van der Waals surface area contributed by atoms with E-state index in [1.165, 1.54) is 0 Å². The van der Waals surface area contributed by atoms with E-state index in [1.54, 1.807) is 25.7 Å². The fourth-order valence-corrected chi connectivity index (χ4v) is 2.93. The van der Waals surface area contributed by atoms with Crippen molar-refractivity contribution in [3.8, 4) is 0 Å². The van der Waals surface area contributed by atoms with Crippen LogP contribution in [0.4, 0.5) is 4.39 Å². The first-order valence-electron chi connectivity index (χ1n) is 4.90. The monoisotopic (exact) mass is 218 g/mol. The van der Waals surface area contributed by atoms with Crippen molar-refractivity contribution < 1.29 is 9.13 Å². The molecule has 0 unspecified atom stereocenters. The summed E-state index contributed by atoms with van der Waals surface area (Å²) in [6.45, 7) is 1.56. The third kappa shape index (κ3) is 1.88. The SMILES string of the molecule is CN=C1N[C@@H]2CC[C@@H]([C@H](C)F)O[C@@H]2S1. The molecule has 80 valence electrons. The summed E-state index contributed by atoms with van der Waals surface area (Å²) in [6.07, 6.45) is 0.653. The molecular weight excluding hydrogens is 203 g/mol. The Balaban J connectivity index is 1.98. The van der Waals surface area contributed by atoms with Gasteiger partial charge in [0, 0.05) is 7.05 Å². The van der Waals surface area contributed by atoms with Crippen molar-refractivity contribution >= 4 is 16.9 Å². The summed E-state index contributed by atoms with van der Waals surface area (Å²) < 4.78 is 18.7. The van der Waals surface area contributed by atoms with E-state index in [2.05, 4.69) is 10.3 Å². The van der Waals surface area contributed by atoms with Gasteiger partial charge in [0.2, 0.25) is 0 Å². The fourth-order valence-electron chi connectivity index (χ4n) is 1.82. The zero-order chi connectivity index (χ0) is 10.1. The van der Waals surface area contributed by atoms with Crippen LogP contribution in [0.1, 0.15) is 19.8 Å². The van der Waals surface area contributed by atoms with Crippen LogP contribution in [0.15, 0.2) is 4.99 Å². The van der Waals surface area contributed by atoms with Crippen molar-refractivity contribution in [3.05, 3.63) is 0 Å². The van der Waals surface area contributed by atoms with Gasteiger partial charge in [0.15, 0.2) is 5.17 Å². The average Bonchev–Trinajstić information content (AvgIpc) is 2.58. The topological polar surface area (TPSA) is 33.6 Å². The highest BCUT2D eigenvalue weighted by Gasteiger charge is 2.39. The van der Waals surface area contributed by atoms with Gasteiger partial charge in [-0.2, -0.15) is 0 Å². The number of nitrogens with one attached hydrogen (secondary N) is 1. The van der Waals surface area contributed by atoms with E-state index in [0.29, 0.717) is 6.04 Å². The summed E-state index contributed by atoms with van der Waals surface area (Å²) in [4.78, 5) is 4.08. The molecule has 2 rings (SSSR count). The number of alkyl halides is 1. The van der Waals surface area contributed by atoms with Crippen molar-refractivity contribution in [1.82, 2.24) is 5.32 Å². The quantitative estimate of drug-likeness (QED) is 0.725. The van der Waals surface area contributed by atoms with Gasteiger partial charge in [-0.25, -0.2) is 4.39 Å². The van der Waals surface area contributed by atoms with Gasteiger partial charge in [0.25, 0.3) is 0 Å². The van der Waals surface area contributed by atoms with Gasteiger partial charge < -0.3 is 10.1 Å². The van der Waals surface area contributed by atoms with Gasteiger partial charge in [-0.05, 0) is 19.8 Å². The first-order valence-corrected chi connectivity index (χ1v) is 5.78. The van der Waals surface area contributed by atoms with E-state index < -0.39 is 6.17 Å². The molecule has 2 heterocycles. The van der Waals surface area contributed by atoms with Crippen LogP contribution in [0.2, 0.25) is 0 Å². The number of hydrogen-bond acceptors (Lipinski definition) is 3. The predicted molar refractivity (Wildman–Crippen MR) is 56.3 cm³/mol. The number of ether oxygens (including phenoxy) is 1. The molecule has 5 heteroatoms. The minimum absolute atomic E-state index is 0.0469. The summed E-state index contributed by atoms with van der Waals surface area (Å²) >= 11 is 1.57. The Morgan fingerprint density at radius 3 is 3.07 bits per heavy atom. The normalized spacial score (nSPS) is 41.9. The van der Waals surface area contributed by atoms with Crippen molar-refractivity contribution in [2.24, 2.45) is 4.99 Å². The lowest BCUT2D eigenvalue weighted by Crippen LogP contribution is -2.42. The Labute approximate surface area is 87.5 Å². The number of aliphatic imine (C=N–C) groups is 1. The maximum absolute atomic E-state index is 13.0. The number of fused-ring (bicyclic) bond motifs is 1. The summed E-state index contributed by atoms with van der Waals surface area (Å²) in [5, 5.41) is 4.18. The van der Waals surface area contributed by atoms with Gasteiger partial charge in [-0.1, -0.05) is 11.8 Å². The van der Waals surface area contributed by atoms with Crippen LogP contribution in [0.25, 0.3) is 0 Å². The number of amidine groups is 1. The maximum atomic E-state index is 13.0. The number of rotatable bonds is 1. The molecule has 2 fully saturated rings. The highest BCUT2D eigenvalue weighted by molar-refractivity contribution is 8.14. The van der Waals surface area contributed by atoms with E-state index in [9.17, 15) is 4.39 Å². The van der Waals surface area contributed by atoms with Crippen LogP contribution in [0.3, 0.4) is 0 Å². The molecule has 14 heavy (non-hydrogen) atoms. The maximum Gasteiger partial charge on any atom is 0.159 e. The lowest BCUT2D eigenvalue weighted by atomic mass is 10.0. The molecule has 0 saturated carbocycles. The summed E-state index contributed by atoms with van der Waals surface area (Å²) in [7, 11) is 1.75. The number of halogens is 1. The number of thioether (sulfide) groups is 1. The Morgan fingerprint density at radius 2 is 2.43 bits per heavy atom. The van der Waals surface area contributed by atoms with E-state index in [4.69, 9.17) is 4.74 Å². The molecule has 0 spiro atoms. The Hall–Kier alpha value is -0.290. The van der Waals surface area contributed by atoms with Gasteiger partial charge in [-0.15, -0.1) is 0 Å². The summed E-state index contributed by atoms with van der Waals surface area (Å²) in [6, 6.07) is 0.314. The highest BCUT2D eigenvalue weighted by atomic mass is 32.2. The predicted octanol–water partition coefficient (Wildman–Crippen LogP) is 1.54. The average molecular weight is 218 g/mol. The molecule has 4 atom stereocenters. The van der Waals surface area contributed by atoms with Crippen molar-refractivity contribution in [2.45, 2.75) is 43.5 Å². The minimum Gasteiger partial charge on any atom is -0.359 e. The van der Waals surface area contributed by atoms with Crippen molar-refractivity contribution in [3.63, 3.8) is 0 Å². The Kier molecular flexibility index (Phi) is 2.97. The van der Waals surface area contributed by atoms with Crippen LogP contribution in [-0.2, 0) is 4.74 Å². The first kappa shape index (κ1) is 10.2. The molecule has 0 aromatic rings. The van der Waals surface area contributed by atoms with Gasteiger partial charge in [-0.3, -0.25) is 4.99 Å². The van der Waals surface area contributed by atoms with Gasteiger partial charge in [0.1, 0.15) is 11.6 Å². The number of nitrogens with zero attached hydrogens (tertiary/aromatic N) is 1. The molecule has 3 nitrogen and oxygen atoms in total.